The zero-order chi connectivity index (χ0) is 20.4. The highest BCUT2D eigenvalue weighted by Gasteiger charge is 2.66. The molecule has 4 fully saturated rings. The fraction of sp³-hybridized carbons (Fsp3) is 1.00. The van der Waals surface area contributed by atoms with Gasteiger partial charge in [-0.15, -0.1) is 0 Å². The van der Waals surface area contributed by atoms with Gasteiger partial charge in [-0.05, 0) is 74.5 Å². The largest absolute Gasteiger partial charge is 0.393 e. The lowest BCUT2D eigenvalue weighted by Gasteiger charge is -2.59. The predicted molar refractivity (Wildman–Crippen MR) is 113 cm³/mol. The maximum Gasteiger partial charge on any atom is 0.173 e. The van der Waals surface area contributed by atoms with Gasteiger partial charge in [0.2, 0.25) is 0 Å². The molecular formula is C25H44O3. The summed E-state index contributed by atoms with van der Waals surface area (Å²) in [5, 5.41) is 10.1. The van der Waals surface area contributed by atoms with Crippen LogP contribution >= 0.6 is 0 Å². The Morgan fingerprint density at radius 1 is 0.893 bits per heavy atom. The van der Waals surface area contributed by atoms with E-state index in [1.165, 1.54) is 44.9 Å². The monoisotopic (exact) mass is 392 g/mol. The van der Waals surface area contributed by atoms with Crippen LogP contribution in [0.2, 0.25) is 0 Å². The van der Waals surface area contributed by atoms with Crippen LogP contribution in [0, 0.1) is 39.9 Å². The van der Waals surface area contributed by atoms with E-state index >= 15 is 0 Å². The predicted octanol–water partition coefficient (Wildman–Crippen LogP) is 5.80. The lowest BCUT2D eigenvalue weighted by atomic mass is 9.48. The Morgan fingerprint density at radius 3 is 2.18 bits per heavy atom. The van der Waals surface area contributed by atoms with Crippen LogP contribution in [0.3, 0.4) is 0 Å². The van der Waals surface area contributed by atoms with E-state index in [0.29, 0.717) is 11.3 Å². The van der Waals surface area contributed by atoms with Crippen LogP contribution in [0.5, 0.6) is 0 Å². The molecular weight excluding hydrogens is 348 g/mol. The molecule has 1 spiro atoms. The molecule has 162 valence electrons. The molecule has 0 radical (unpaired) electrons. The fourth-order valence-corrected chi connectivity index (χ4v) is 7.78. The average molecular weight is 393 g/mol. The van der Waals surface area contributed by atoms with E-state index in [4.69, 9.17) is 9.47 Å². The van der Waals surface area contributed by atoms with Crippen molar-refractivity contribution in [3.05, 3.63) is 0 Å². The molecule has 4 rings (SSSR count). The summed E-state index contributed by atoms with van der Waals surface area (Å²) in [6, 6.07) is 0. The van der Waals surface area contributed by atoms with Gasteiger partial charge in [0.25, 0.3) is 0 Å². The summed E-state index contributed by atoms with van der Waals surface area (Å²) in [4.78, 5) is 0. The summed E-state index contributed by atoms with van der Waals surface area (Å²) in [5.41, 5.74) is 0.683. The third-order valence-electron chi connectivity index (χ3n) is 9.67. The van der Waals surface area contributed by atoms with Gasteiger partial charge in [0.1, 0.15) is 0 Å². The number of ether oxygens (including phenoxy) is 2. The van der Waals surface area contributed by atoms with Crippen LogP contribution in [0.25, 0.3) is 0 Å². The number of aliphatic hydroxyl groups excluding tert-OH is 1. The summed E-state index contributed by atoms with van der Waals surface area (Å²) in [6.07, 6.45) is 9.91. The Hall–Kier alpha value is -0.120. The lowest BCUT2D eigenvalue weighted by Crippen LogP contribution is -2.59. The minimum absolute atomic E-state index is 0.136. The number of aliphatic hydroxyl groups is 1. The van der Waals surface area contributed by atoms with Gasteiger partial charge in [-0.3, -0.25) is 0 Å². The number of fused-ring (bicyclic) bond motifs is 4. The highest BCUT2D eigenvalue weighted by molar-refractivity contribution is 5.11. The van der Waals surface area contributed by atoms with Crippen LogP contribution in [0.1, 0.15) is 92.9 Å². The molecule has 1 heterocycles. The number of hydrogen-bond donors (Lipinski definition) is 1. The SMILES string of the molecule is CC(O)C(C)CC1(C)CCCC2C1CCC1(C)C2CCC12OCC(C)(C)CO2. The Balaban J connectivity index is 1.55. The van der Waals surface area contributed by atoms with E-state index in [2.05, 4.69) is 34.6 Å². The van der Waals surface area contributed by atoms with E-state index < -0.39 is 0 Å². The normalized spacial score (nSPS) is 46.6. The number of rotatable bonds is 3. The van der Waals surface area contributed by atoms with Crippen molar-refractivity contribution in [2.75, 3.05) is 13.2 Å². The van der Waals surface area contributed by atoms with Crippen LogP contribution in [0.15, 0.2) is 0 Å². The summed E-state index contributed by atoms with van der Waals surface area (Å²) < 4.78 is 13.2. The maximum absolute atomic E-state index is 10.1. The molecule has 7 unspecified atom stereocenters. The molecule has 1 aliphatic heterocycles. The van der Waals surface area contributed by atoms with Gasteiger partial charge in [-0.2, -0.15) is 0 Å². The van der Waals surface area contributed by atoms with Gasteiger partial charge in [0.05, 0.1) is 19.3 Å². The third-order valence-corrected chi connectivity index (χ3v) is 9.67. The van der Waals surface area contributed by atoms with Crippen LogP contribution in [-0.2, 0) is 9.47 Å². The molecule has 3 saturated carbocycles. The first-order valence-electron chi connectivity index (χ1n) is 12.0. The van der Waals surface area contributed by atoms with Gasteiger partial charge < -0.3 is 14.6 Å². The van der Waals surface area contributed by atoms with Crippen molar-refractivity contribution in [2.45, 2.75) is 105 Å². The first-order chi connectivity index (χ1) is 13.0. The molecule has 3 heteroatoms. The molecule has 28 heavy (non-hydrogen) atoms. The molecule has 7 atom stereocenters. The standard InChI is InChI=1S/C25H44O3/c1-17(18(2)26)14-23(5)11-7-8-19-20(23)9-12-24(6)21(19)10-13-25(24)27-15-22(3,4)16-28-25/h17-21,26H,7-16H2,1-6H3. The zero-order valence-electron chi connectivity index (χ0n) is 19.2. The van der Waals surface area contributed by atoms with Crippen molar-refractivity contribution in [2.24, 2.45) is 39.9 Å². The van der Waals surface area contributed by atoms with E-state index in [0.717, 1.165) is 37.4 Å². The Morgan fingerprint density at radius 2 is 1.54 bits per heavy atom. The average Bonchev–Trinajstić information content (AvgIpc) is 2.91. The second kappa shape index (κ2) is 6.95. The van der Waals surface area contributed by atoms with Crippen molar-refractivity contribution < 1.29 is 14.6 Å². The van der Waals surface area contributed by atoms with Gasteiger partial charge in [0.15, 0.2) is 5.79 Å². The highest BCUT2D eigenvalue weighted by Crippen LogP contribution is 2.68. The van der Waals surface area contributed by atoms with E-state index in [9.17, 15) is 5.11 Å². The van der Waals surface area contributed by atoms with Crippen LogP contribution < -0.4 is 0 Å². The smallest absolute Gasteiger partial charge is 0.173 e. The molecule has 0 aromatic heterocycles. The third kappa shape index (κ3) is 3.19. The molecule has 3 nitrogen and oxygen atoms in total. The summed E-state index contributed by atoms with van der Waals surface area (Å²) in [5.74, 6) is 2.39. The second-order valence-corrected chi connectivity index (χ2v) is 12.3. The Bertz CT molecular complexity index is 574. The molecule has 4 aliphatic rings. The number of hydrogen-bond acceptors (Lipinski definition) is 3. The molecule has 0 aromatic rings. The Kier molecular flexibility index (Phi) is 5.25. The molecule has 1 N–H and O–H groups in total. The molecule has 0 bridgehead atoms. The van der Waals surface area contributed by atoms with Gasteiger partial charge >= 0.3 is 0 Å². The topological polar surface area (TPSA) is 38.7 Å². The van der Waals surface area contributed by atoms with Crippen molar-refractivity contribution >= 4 is 0 Å². The first-order valence-corrected chi connectivity index (χ1v) is 12.0. The van der Waals surface area contributed by atoms with Crippen molar-refractivity contribution in [1.29, 1.82) is 0 Å². The van der Waals surface area contributed by atoms with E-state index in [1.807, 2.05) is 6.92 Å². The molecule has 3 aliphatic carbocycles. The summed E-state index contributed by atoms with van der Waals surface area (Å²) >= 11 is 0. The first kappa shape index (κ1) is 21.1. The Labute approximate surface area is 172 Å². The maximum atomic E-state index is 10.1. The molecule has 0 amide bonds. The minimum atomic E-state index is -0.334. The summed E-state index contributed by atoms with van der Waals surface area (Å²) in [6.45, 7) is 15.4. The highest BCUT2D eigenvalue weighted by atomic mass is 16.7. The van der Waals surface area contributed by atoms with E-state index in [-0.39, 0.29) is 22.7 Å². The second-order valence-electron chi connectivity index (χ2n) is 12.3. The minimum Gasteiger partial charge on any atom is -0.393 e. The van der Waals surface area contributed by atoms with Crippen LogP contribution in [0.4, 0.5) is 0 Å². The summed E-state index contributed by atoms with van der Waals surface area (Å²) in [7, 11) is 0. The molecule has 1 saturated heterocycles. The van der Waals surface area contributed by atoms with Crippen molar-refractivity contribution in [1.82, 2.24) is 0 Å². The van der Waals surface area contributed by atoms with Gasteiger partial charge in [0, 0.05) is 17.3 Å². The van der Waals surface area contributed by atoms with E-state index in [1.54, 1.807) is 0 Å². The lowest BCUT2D eigenvalue weighted by molar-refractivity contribution is -0.347. The van der Waals surface area contributed by atoms with Gasteiger partial charge in [-0.25, -0.2) is 0 Å². The molecule has 0 aromatic carbocycles. The zero-order valence-corrected chi connectivity index (χ0v) is 19.2. The van der Waals surface area contributed by atoms with Crippen LogP contribution in [-0.4, -0.2) is 30.2 Å². The van der Waals surface area contributed by atoms with Crippen molar-refractivity contribution in [3.63, 3.8) is 0 Å². The fourth-order valence-electron chi connectivity index (χ4n) is 7.78. The quantitative estimate of drug-likeness (QED) is 0.660. The van der Waals surface area contributed by atoms with Crippen molar-refractivity contribution in [3.8, 4) is 0 Å². The van der Waals surface area contributed by atoms with Gasteiger partial charge in [-0.1, -0.05) is 41.0 Å².